The molecular weight excluding hydrogens is 214 g/mol. The second-order valence-electron chi connectivity index (χ2n) is 4.52. The lowest BCUT2D eigenvalue weighted by Gasteiger charge is -2.29. The van der Waals surface area contributed by atoms with Gasteiger partial charge in [-0.05, 0) is 32.4 Å². The van der Waals surface area contributed by atoms with Crippen molar-refractivity contribution < 1.29 is 8.42 Å². The third-order valence-electron chi connectivity index (χ3n) is 3.02. The topological polar surface area (TPSA) is 52.4 Å². The van der Waals surface area contributed by atoms with Crippen molar-refractivity contribution in [2.75, 3.05) is 39.8 Å². The monoisotopic (exact) mass is 233 g/mol. The Morgan fingerprint density at radius 2 is 2.07 bits per heavy atom. The molecule has 5 nitrogen and oxygen atoms in total. The number of nitrogens with one attached hydrogen (secondary N) is 1. The van der Waals surface area contributed by atoms with Gasteiger partial charge >= 0.3 is 0 Å². The summed E-state index contributed by atoms with van der Waals surface area (Å²) in [6, 6.07) is 0. The maximum atomic E-state index is 11.5. The van der Waals surface area contributed by atoms with E-state index in [-0.39, 0.29) is 0 Å². The first-order valence-electron chi connectivity index (χ1n) is 5.51. The summed E-state index contributed by atoms with van der Waals surface area (Å²) in [5.74, 6) is 0.471. The Bertz CT molecular complexity index is 313. The smallest absolute Gasteiger partial charge is 0.279 e. The van der Waals surface area contributed by atoms with Crippen molar-refractivity contribution >= 4 is 10.2 Å². The Morgan fingerprint density at radius 3 is 2.67 bits per heavy atom. The van der Waals surface area contributed by atoms with E-state index in [2.05, 4.69) is 16.7 Å². The Labute approximate surface area is 91.6 Å². The van der Waals surface area contributed by atoms with Crippen LogP contribution in [0.5, 0.6) is 0 Å². The molecule has 0 aromatic heterocycles. The van der Waals surface area contributed by atoms with Crippen molar-refractivity contribution in [3.8, 4) is 0 Å². The van der Waals surface area contributed by atoms with Gasteiger partial charge in [-0.3, -0.25) is 0 Å². The lowest BCUT2D eigenvalue weighted by Crippen LogP contribution is -2.40. The lowest BCUT2D eigenvalue weighted by molar-refractivity contribution is 0.211. The second kappa shape index (κ2) is 4.37. The fraction of sp³-hybridized carbons (Fsp3) is 1.00. The number of nitrogens with zero attached hydrogens (tertiary/aromatic N) is 2. The molecule has 0 radical (unpaired) electrons. The first-order chi connectivity index (χ1) is 7.08. The maximum absolute atomic E-state index is 11.5. The van der Waals surface area contributed by atoms with Gasteiger partial charge in [0.1, 0.15) is 0 Å². The second-order valence-corrected chi connectivity index (χ2v) is 6.28. The minimum absolute atomic E-state index is 0.471. The van der Waals surface area contributed by atoms with Crippen molar-refractivity contribution in [1.82, 2.24) is 13.9 Å². The van der Waals surface area contributed by atoms with Gasteiger partial charge in [0.15, 0.2) is 0 Å². The Morgan fingerprint density at radius 1 is 1.33 bits per heavy atom. The maximum Gasteiger partial charge on any atom is 0.279 e. The molecule has 1 N–H and O–H groups in total. The molecular formula is C9H19N3O2S. The van der Waals surface area contributed by atoms with Crippen LogP contribution in [0.15, 0.2) is 0 Å². The average Bonchev–Trinajstić information content (AvgIpc) is 2.98. The summed E-state index contributed by atoms with van der Waals surface area (Å²) in [6.07, 6.45) is 2.31. The molecule has 2 heterocycles. The Kier molecular flexibility index (Phi) is 3.30. The summed E-state index contributed by atoms with van der Waals surface area (Å²) in [6.45, 7) is 4.08. The molecule has 88 valence electrons. The van der Waals surface area contributed by atoms with E-state index in [4.69, 9.17) is 0 Å². The third kappa shape index (κ3) is 3.14. The quantitative estimate of drug-likeness (QED) is 0.665. The predicted octanol–water partition coefficient (Wildman–Crippen LogP) is -0.522. The molecule has 0 bridgehead atoms. The molecule has 2 fully saturated rings. The van der Waals surface area contributed by atoms with Crippen LogP contribution in [0.1, 0.15) is 12.8 Å². The van der Waals surface area contributed by atoms with E-state index in [1.165, 1.54) is 10.7 Å². The molecule has 2 aliphatic rings. The van der Waals surface area contributed by atoms with E-state index >= 15 is 0 Å². The fourth-order valence-corrected chi connectivity index (χ4v) is 3.23. The predicted molar refractivity (Wildman–Crippen MR) is 58.7 cm³/mol. The summed E-state index contributed by atoms with van der Waals surface area (Å²) in [7, 11) is -1.05. The first kappa shape index (κ1) is 11.3. The molecule has 1 atom stereocenters. The molecule has 0 aromatic carbocycles. The molecule has 2 saturated heterocycles. The minimum atomic E-state index is -3.14. The van der Waals surface area contributed by atoms with Crippen molar-refractivity contribution in [2.45, 2.75) is 12.8 Å². The highest BCUT2D eigenvalue weighted by molar-refractivity contribution is 7.87. The molecule has 6 heteroatoms. The van der Waals surface area contributed by atoms with E-state index in [0.717, 1.165) is 19.5 Å². The SMILES string of the molecule is CN1CCCC(CNS(=O)(=O)N2CC2)C1. The molecule has 2 aliphatic heterocycles. The molecule has 0 aliphatic carbocycles. The van der Waals surface area contributed by atoms with Gasteiger partial charge in [-0.15, -0.1) is 0 Å². The lowest BCUT2D eigenvalue weighted by atomic mass is 9.99. The Balaban J connectivity index is 1.77. The van der Waals surface area contributed by atoms with Crippen LogP contribution < -0.4 is 4.72 Å². The summed E-state index contributed by atoms with van der Waals surface area (Å²) in [5.41, 5.74) is 0. The standard InChI is InChI=1S/C9H19N3O2S/c1-11-4-2-3-9(8-11)7-10-15(13,14)12-5-6-12/h9-10H,2-8H2,1H3. The molecule has 0 amide bonds. The number of likely N-dealkylation sites (tertiary alicyclic amines) is 1. The zero-order valence-corrected chi connectivity index (χ0v) is 9.96. The van der Waals surface area contributed by atoms with Gasteiger partial charge in [0, 0.05) is 26.2 Å². The van der Waals surface area contributed by atoms with Gasteiger partial charge in [0.25, 0.3) is 10.2 Å². The van der Waals surface area contributed by atoms with Gasteiger partial charge in [0.05, 0.1) is 0 Å². The highest BCUT2D eigenvalue weighted by Gasteiger charge is 2.32. The third-order valence-corrected chi connectivity index (χ3v) is 4.60. The zero-order valence-electron chi connectivity index (χ0n) is 9.15. The molecule has 2 rings (SSSR count). The number of hydrogen-bond donors (Lipinski definition) is 1. The molecule has 0 saturated carbocycles. The van der Waals surface area contributed by atoms with Gasteiger partial charge in [0.2, 0.25) is 0 Å². The van der Waals surface area contributed by atoms with E-state index in [1.807, 2.05) is 0 Å². The summed E-state index contributed by atoms with van der Waals surface area (Å²) < 4.78 is 27.2. The van der Waals surface area contributed by atoms with Crippen LogP contribution in [0.3, 0.4) is 0 Å². The molecule has 0 spiro atoms. The highest BCUT2D eigenvalue weighted by atomic mass is 32.2. The van der Waals surface area contributed by atoms with Gasteiger partial charge in [-0.25, -0.2) is 4.72 Å². The summed E-state index contributed by atoms with van der Waals surface area (Å²) in [5, 5.41) is 0. The molecule has 1 unspecified atom stereocenters. The average molecular weight is 233 g/mol. The van der Waals surface area contributed by atoms with Crippen LogP contribution in [0, 0.1) is 5.92 Å². The van der Waals surface area contributed by atoms with Crippen molar-refractivity contribution in [3.05, 3.63) is 0 Å². The highest BCUT2D eigenvalue weighted by Crippen LogP contribution is 2.15. The van der Waals surface area contributed by atoms with Gasteiger partial charge in [-0.2, -0.15) is 12.7 Å². The largest absolute Gasteiger partial charge is 0.306 e. The number of piperidine rings is 1. The Hall–Kier alpha value is -0.170. The van der Waals surface area contributed by atoms with Gasteiger partial charge in [-0.1, -0.05) is 0 Å². The van der Waals surface area contributed by atoms with E-state index < -0.39 is 10.2 Å². The van der Waals surface area contributed by atoms with Crippen LogP contribution in [0.2, 0.25) is 0 Å². The summed E-state index contributed by atoms with van der Waals surface area (Å²) in [4.78, 5) is 2.26. The van der Waals surface area contributed by atoms with Crippen LogP contribution in [0.25, 0.3) is 0 Å². The van der Waals surface area contributed by atoms with E-state index in [0.29, 0.717) is 25.6 Å². The van der Waals surface area contributed by atoms with Crippen LogP contribution in [-0.2, 0) is 10.2 Å². The van der Waals surface area contributed by atoms with Crippen molar-refractivity contribution in [2.24, 2.45) is 5.92 Å². The summed E-state index contributed by atoms with van der Waals surface area (Å²) >= 11 is 0. The molecule has 15 heavy (non-hydrogen) atoms. The number of hydrogen-bond acceptors (Lipinski definition) is 3. The minimum Gasteiger partial charge on any atom is -0.306 e. The van der Waals surface area contributed by atoms with E-state index in [9.17, 15) is 8.42 Å². The van der Waals surface area contributed by atoms with Crippen molar-refractivity contribution in [3.63, 3.8) is 0 Å². The normalized spacial score (nSPS) is 29.3. The first-order valence-corrected chi connectivity index (χ1v) is 6.95. The van der Waals surface area contributed by atoms with Crippen LogP contribution >= 0.6 is 0 Å². The fourth-order valence-electron chi connectivity index (χ4n) is 2.04. The zero-order chi connectivity index (χ0) is 10.9. The number of rotatable bonds is 4. The van der Waals surface area contributed by atoms with E-state index in [1.54, 1.807) is 0 Å². The van der Waals surface area contributed by atoms with Crippen LogP contribution in [0.4, 0.5) is 0 Å². The van der Waals surface area contributed by atoms with Crippen molar-refractivity contribution in [1.29, 1.82) is 0 Å². The van der Waals surface area contributed by atoms with Crippen LogP contribution in [-0.4, -0.2) is 57.4 Å². The molecule has 0 aromatic rings. The van der Waals surface area contributed by atoms with Gasteiger partial charge < -0.3 is 4.90 Å².